The molecule has 0 spiro atoms. The van der Waals surface area contributed by atoms with Crippen LogP contribution in [0.3, 0.4) is 0 Å². The van der Waals surface area contributed by atoms with Crippen LogP contribution in [0.15, 0.2) is 42.0 Å². The van der Waals surface area contributed by atoms with Crippen molar-refractivity contribution in [3.05, 3.63) is 42.0 Å². The molecule has 68 valence electrons. The molecule has 0 aliphatic rings. The van der Waals surface area contributed by atoms with Gasteiger partial charge < -0.3 is 0 Å². The van der Waals surface area contributed by atoms with Gasteiger partial charge >= 0.3 is 0 Å². The maximum atomic E-state index is 4.44. The summed E-state index contributed by atoms with van der Waals surface area (Å²) in [5, 5.41) is 6.49. The lowest BCUT2D eigenvalue weighted by Gasteiger charge is -1.97. The number of rotatable bonds is 1. The van der Waals surface area contributed by atoms with Crippen LogP contribution in [0.1, 0.15) is 0 Å². The summed E-state index contributed by atoms with van der Waals surface area (Å²) in [6.07, 6.45) is 3.60. The Hall–Kier alpha value is -1.68. The molecule has 0 aliphatic carbocycles. The molecule has 0 unspecified atom stereocenters. The zero-order valence-corrected chi connectivity index (χ0v) is 8.11. The Kier molecular flexibility index (Phi) is 1.61. The van der Waals surface area contributed by atoms with E-state index in [9.17, 15) is 0 Å². The first kappa shape index (κ1) is 7.70. The van der Waals surface area contributed by atoms with Crippen LogP contribution in [0.4, 0.5) is 0 Å². The maximum absolute atomic E-state index is 4.44. The summed E-state index contributed by atoms with van der Waals surface area (Å²) in [5.41, 5.74) is 1.87. The third-order valence-electron chi connectivity index (χ3n) is 2.03. The summed E-state index contributed by atoms with van der Waals surface area (Å²) in [6.45, 7) is 0. The Morgan fingerprint density at radius 3 is 3.07 bits per heavy atom. The van der Waals surface area contributed by atoms with Gasteiger partial charge in [-0.3, -0.25) is 0 Å². The Labute approximate surface area is 84.7 Å². The molecule has 0 N–H and O–H groups in total. The highest BCUT2D eigenvalue weighted by Crippen LogP contribution is 2.22. The largest absolute Gasteiger partial charge is 0.236 e. The Morgan fingerprint density at radius 1 is 1.21 bits per heavy atom. The van der Waals surface area contributed by atoms with E-state index in [2.05, 4.69) is 21.5 Å². The average molecular weight is 201 g/mol. The molecule has 3 aromatic rings. The van der Waals surface area contributed by atoms with Crippen molar-refractivity contribution < 1.29 is 0 Å². The average Bonchev–Trinajstić information content (AvgIpc) is 2.88. The highest BCUT2D eigenvalue weighted by Gasteiger charge is 2.01. The second kappa shape index (κ2) is 2.92. The van der Waals surface area contributed by atoms with Crippen LogP contribution >= 0.6 is 11.3 Å². The van der Waals surface area contributed by atoms with Crippen LogP contribution in [0.25, 0.3) is 16.2 Å². The molecule has 3 heterocycles. The molecule has 4 heteroatoms. The molecule has 3 nitrogen and oxygen atoms in total. The molecule has 0 aliphatic heterocycles. The fourth-order valence-corrected chi connectivity index (χ4v) is 2.06. The first-order chi connectivity index (χ1) is 6.93. The van der Waals surface area contributed by atoms with Crippen molar-refractivity contribution in [1.82, 2.24) is 14.6 Å². The van der Waals surface area contributed by atoms with Crippen molar-refractivity contribution in [2.45, 2.75) is 0 Å². The lowest BCUT2D eigenvalue weighted by atomic mass is 10.3. The highest BCUT2D eigenvalue weighted by molar-refractivity contribution is 7.13. The van der Waals surface area contributed by atoms with Gasteiger partial charge in [0.1, 0.15) is 5.69 Å². The Morgan fingerprint density at radius 2 is 2.21 bits per heavy atom. The van der Waals surface area contributed by atoms with Gasteiger partial charge in [-0.1, -0.05) is 6.07 Å². The van der Waals surface area contributed by atoms with Gasteiger partial charge in [-0.05, 0) is 23.6 Å². The third kappa shape index (κ3) is 1.12. The van der Waals surface area contributed by atoms with Crippen molar-refractivity contribution in [1.29, 1.82) is 0 Å². The van der Waals surface area contributed by atoms with Crippen molar-refractivity contribution in [2.24, 2.45) is 0 Å². The van der Waals surface area contributed by atoms with Crippen LogP contribution in [-0.2, 0) is 0 Å². The lowest BCUT2D eigenvalue weighted by molar-refractivity contribution is 0.944. The molecule has 0 bridgehead atoms. The molecule has 14 heavy (non-hydrogen) atoms. The van der Waals surface area contributed by atoms with Gasteiger partial charge in [0.2, 0.25) is 0 Å². The standard InChI is InChI=1S/C10H7N3S/c1-2-9(14-7-1)8-3-4-10-11-5-6-13(10)12-8/h1-7H. The minimum absolute atomic E-state index is 0.880. The van der Waals surface area contributed by atoms with Gasteiger partial charge in [0, 0.05) is 12.4 Å². The molecular formula is C10H7N3S. The lowest BCUT2D eigenvalue weighted by Crippen LogP contribution is -1.91. The summed E-state index contributed by atoms with van der Waals surface area (Å²) in [6, 6.07) is 8.06. The van der Waals surface area contributed by atoms with Crippen molar-refractivity contribution in [2.75, 3.05) is 0 Å². The van der Waals surface area contributed by atoms with E-state index >= 15 is 0 Å². The molecule has 3 rings (SSSR count). The predicted octanol–water partition coefficient (Wildman–Crippen LogP) is 2.46. The summed E-state index contributed by atoms with van der Waals surface area (Å²) in [4.78, 5) is 5.33. The van der Waals surface area contributed by atoms with Crippen LogP contribution in [0.2, 0.25) is 0 Å². The topological polar surface area (TPSA) is 30.2 Å². The maximum Gasteiger partial charge on any atom is 0.153 e. The van der Waals surface area contributed by atoms with Gasteiger partial charge in [0.25, 0.3) is 0 Å². The Bertz CT molecular complexity index is 554. The molecule has 0 saturated carbocycles. The summed E-state index contributed by atoms with van der Waals surface area (Å²) >= 11 is 1.69. The van der Waals surface area contributed by atoms with Crippen molar-refractivity contribution in [3.8, 4) is 10.6 Å². The van der Waals surface area contributed by atoms with Gasteiger partial charge in [-0.15, -0.1) is 11.3 Å². The summed E-state index contributed by atoms with van der Waals surface area (Å²) in [5.74, 6) is 0. The monoisotopic (exact) mass is 201 g/mol. The smallest absolute Gasteiger partial charge is 0.153 e. The zero-order valence-electron chi connectivity index (χ0n) is 7.29. The minimum atomic E-state index is 0.880. The second-order valence-corrected chi connectivity index (χ2v) is 3.87. The fourth-order valence-electron chi connectivity index (χ4n) is 1.37. The number of aromatic nitrogens is 3. The number of hydrogen-bond acceptors (Lipinski definition) is 3. The van der Waals surface area contributed by atoms with Crippen LogP contribution in [0, 0.1) is 0 Å². The van der Waals surface area contributed by atoms with E-state index in [0.29, 0.717) is 0 Å². The van der Waals surface area contributed by atoms with E-state index in [1.807, 2.05) is 24.4 Å². The van der Waals surface area contributed by atoms with E-state index in [1.54, 1.807) is 22.0 Å². The predicted molar refractivity (Wildman–Crippen MR) is 56.3 cm³/mol. The third-order valence-corrected chi connectivity index (χ3v) is 2.92. The van der Waals surface area contributed by atoms with E-state index in [0.717, 1.165) is 11.3 Å². The van der Waals surface area contributed by atoms with Gasteiger partial charge in [0.05, 0.1) is 4.88 Å². The van der Waals surface area contributed by atoms with Gasteiger partial charge in [-0.2, -0.15) is 5.10 Å². The molecule has 0 amide bonds. The van der Waals surface area contributed by atoms with Crippen molar-refractivity contribution in [3.63, 3.8) is 0 Å². The van der Waals surface area contributed by atoms with E-state index in [-0.39, 0.29) is 0 Å². The molecule has 0 radical (unpaired) electrons. The minimum Gasteiger partial charge on any atom is -0.236 e. The van der Waals surface area contributed by atoms with Gasteiger partial charge in [0.15, 0.2) is 5.65 Å². The van der Waals surface area contributed by atoms with Crippen LogP contribution in [0.5, 0.6) is 0 Å². The number of thiophene rings is 1. The van der Waals surface area contributed by atoms with Crippen LogP contribution < -0.4 is 0 Å². The SMILES string of the molecule is c1csc(-c2ccc3nccn3n2)c1. The quantitative estimate of drug-likeness (QED) is 0.605. The van der Waals surface area contributed by atoms with E-state index in [4.69, 9.17) is 0 Å². The molecule has 0 atom stereocenters. The normalized spacial score (nSPS) is 10.9. The van der Waals surface area contributed by atoms with E-state index in [1.165, 1.54) is 4.88 Å². The first-order valence-corrected chi connectivity index (χ1v) is 5.16. The molecule has 0 fully saturated rings. The highest BCUT2D eigenvalue weighted by atomic mass is 32.1. The zero-order chi connectivity index (χ0) is 9.38. The molecule has 0 aromatic carbocycles. The summed E-state index contributed by atoms with van der Waals surface area (Å²) < 4.78 is 1.79. The number of hydrogen-bond donors (Lipinski definition) is 0. The van der Waals surface area contributed by atoms with Gasteiger partial charge in [-0.25, -0.2) is 9.50 Å². The Balaban J connectivity index is 2.23. The van der Waals surface area contributed by atoms with Crippen LogP contribution in [-0.4, -0.2) is 14.6 Å². The van der Waals surface area contributed by atoms with Crippen molar-refractivity contribution >= 4 is 17.0 Å². The summed E-state index contributed by atoms with van der Waals surface area (Å²) in [7, 11) is 0. The molecule has 3 aromatic heterocycles. The number of nitrogens with zero attached hydrogens (tertiary/aromatic N) is 3. The number of imidazole rings is 1. The number of fused-ring (bicyclic) bond motifs is 1. The second-order valence-electron chi connectivity index (χ2n) is 2.93. The molecular weight excluding hydrogens is 194 g/mol. The first-order valence-electron chi connectivity index (χ1n) is 4.28. The molecule has 0 saturated heterocycles. The van der Waals surface area contributed by atoms with E-state index < -0.39 is 0 Å². The fraction of sp³-hybridized carbons (Fsp3) is 0.